The second kappa shape index (κ2) is 10.6. The quantitative estimate of drug-likeness (QED) is 0.197. The molecule has 2 unspecified atom stereocenters. The lowest BCUT2D eigenvalue weighted by atomic mass is 9.70. The monoisotopic (exact) mass is 605 g/mol. The van der Waals surface area contributed by atoms with E-state index < -0.39 is 5.41 Å². The van der Waals surface area contributed by atoms with E-state index in [-0.39, 0.29) is 12.0 Å². The molecule has 1 aromatic heterocycles. The first-order valence-corrected chi connectivity index (χ1v) is 16.7. The normalized spacial score (nSPS) is 18.2. The van der Waals surface area contributed by atoms with E-state index >= 15 is 0 Å². The number of hydrogen-bond donors (Lipinski definition) is 0. The molecule has 0 saturated carbocycles. The van der Waals surface area contributed by atoms with Crippen molar-refractivity contribution in [3.8, 4) is 22.3 Å². The lowest BCUT2D eigenvalue weighted by molar-refractivity contribution is 0.528. The van der Waals surface area contributed by atoms with Crippen LogP contribution in [-0.2, 0) is 5.41 Å². The molecule has 0 saturated heterocycles. The maximum atomic E-state index is 5.51. The predicted octanol–water partition coefficient (Wildman–Crippen LogP) is 10.1. The van der Waals surface area contributed by atoms with E-state index in [0.29, 0.717) is 0 Å². The molecule has 2 atom stereocenters. The van der Waals surface area contributed by atoms with Crippen molar-refractivity contribution in [2.45, 2.75) is 38.6 Å². The van der Waals surface area contributed by atoms with Crippen LogP contribution in [0.4, 0.5) is 0 Å². The Kier molecular flexibility index (Phi) is 6.26. The molecule has 0 N–H and O–H groups in total. The number of aryl methyl sites for hydroxylation is 2. The Morgan fingerprint density at radius 2 is 1.15 bits per heavy atom. The van der Waals surface area contributed by atoms with Gasteiger partial charge in [0.25, 0.3) is 0 Å². The first kappa shape index (κ1) is 27.9. The summed E-state index contributed by atoms with van der Waals surface area (Å²) in [6.07, 6.45) is 0.929. The van der Waals surface area contributed by atoms with Crippen molar-refractivity contribution >= 4 is 11.5 Å². The van der Waals surface area contributed by atoms with Crippen molar-refractivity contribution in [1.82, 2.24) is 4.98 Å². The van der Waals surface area contributed by atoms with Crippen molar-refractivity contribution in [2.24, 2.45) is 15.9 Å². The molecule has 0 amide bonds. The van der Waals surface area contributed by atoms with Crippen molar-refractivity contribution < 1.29 is 0 Å². The van der Waals surface area contributed by atoms with Crippen LogP contribution in [-0.4, -0.2) is 16.5 Å². The SMILES string of the molecule is CCC1C(c2ccccc2)=NC(c2ccc3c(c2)C2(c4ccccc4-c4ccccc42)c2ccccc2-3)=NC1c1ccc(C)nc1C. The molecule has 1 aliphatic heterocycles. The van der Waals surface area contributed by atoms with Crippen LogP contribution in [0.25, 0.3) is 22.3 Å². The van der Waals surface area contributed by atoms with Crippen molar-refractivity contribution in [3.63, 3.8) is 0 Å². The third-order valence-electron chi connectivity index (χ3n) is 10.6. The van der Waals surface area contributed by atoms with Gasteiger partial charge >= 0.3 is 0 Å². The molecule has 2 heterocycles. The smallest absolute Gasteiger partial charge is 0.155 e. The van der Waals surface area contributed by atoms with Gasteiger partial charge in [0.1, 0.15) is 0 Å². The second-order valence-corrected chi connectivity index (χ2v) is 13.0. The summed E-state index contributed by atoms with van der Waals surface area (Å²) >= 11 is 0. The van der Waals surface area contributed by atoms with E-state index in [9.17, 15) is 0 Å². The van der Waals surface area contributed by atoms with E-state index in [4.69, 9.17) is 15.0 Å². The highest BCUT2D eigenvalue weighted by molar-refractivity contribution is 6.15. The Labute approximate surface area is 276 Å². The van der Waals surface area contributed by atoms with Crippen LogP contribution in [0, 0.1) is 19.8 Å². The number of amidine groups is 1. The van der Waals surface area contributed by atoms with Gasteiger partial charge in [-0.15, -0.1) is 0 Å². The van der Waals surface area contributed by atoms with Crippen LogP contribution >= 0.6 is 0 Å². The molecule has 5 aromatic carbocycles. The third-order valence-corrected chi connectivity index (χ3v) is 10.6. The number of rotatable bonds is 4. The highest BCUT2D eigenvalue weighted by Gasteiger charge is 2.51. The van der Waals surface area contributed by atoms with Crippen LogP contribution in [0.1, 0.15) is 69.7 Å². The average Bonchev–Trinajstić information content (AvgIpc) is 3.58. The standard InChI is InChI=1S/C44H35N3/c1-4-31-41(29-14-6-5-7-15-29)46-43(47-42(31)32-24-22-27(2)45-28(32)3)30-23-25-36-35-18-10-13-21-39(35)44(40(36)26-30)37-19-11-8-16-33(37)34-17-9-12-20-38(34)44/h5-26,31,42H,4H2,1-3H3. The third kappa shape index (κ3) is 3.96. The van der Waals surface area contributed by atoms with Gasteiger partial charge in [-0.05, 0) is 88.0 Å². The van der Waals surface area contributed by atoms with Crippen molar-refractivity contribution in [1.29, 1.82) is 0 Å². The van der Waals surface area contributed by atoms with Gasteiger partial charge in [-0.1, -0.05) is 128 Å². The molecule has 3 aliphatic rings. The van der Waals surface area contributed by atoms with E-state index in [2.05, 4.69) is 154 Å². The maximum Gasteiger partial charge on any atom is 0.155 e. The van der Waals surface area contributed by atoms with Gasteiger partial charge in [-0.2, -0.15) is 0 Å². The number of nitrogens with zero attached hydrogens (tertiary/aromatic N) is 3. The molecule has 47 heavy (non-hydrogen) atoms. The fourth-order valence-corrected chi connectivity index (χ4v) is 8.57. The first-order valence-electron chi connectivity index (χ1n) is 16.7. The highest BCUT2D eigenvalue weighted by Crippen LogP contribution is 2.62. The largest absolute Gasteiger partial charge is 0.258 e. The molecule has 6 aromatic rings. The van der Waals surface area contributed by atoms with Crippen LogP contribution in [0.5, 0.6) is 0 Å². The summed E-state index contributed by atoms with van der Waals surface area (Å²) in [5, 5.41) is 0. The van der Waals surface area contributed by atoms with Crippen LogP contribution < -0.4 is 0 Å². The molecule has 226 valence electrons. The fraction of sp³-hybridized carbons (Fsp3) is 0.159. The van der Waals surface area contributed by atoms with Gasteiger partial charge in [-0.3, -0.25) is 9.98 Å². The summed E-state index contributed by atoms with van der Waals surface area (Å²) in [4.78, 5) is 15.8. The number of pyridine rings is 1. The summed E-state index contributed by atoms with van der Waals surface area (Å²) in [5.74, 6) is 0.926. The second-order valence-electron chi connectivity index (χ2n) is 13.0. The molecule has 1 spiro atoms. The number of aliphatic imine (C=N–C) groups is 2. The number of benzene rings is 5. The molecular weight excluding hydrogens is 571 g/mol. The summed E-state index contributed by atoms with van der Waals surface area (Å²) in [6.45, 7) is 6.42. The predicted molar refractivity (Wildman–Crippen MR) is 192 cm³/mol. The van der Waals surface area contributed by atoms with Gasteiger partial charge in [0, 0.05) is 22.9 Å². The van der Waals surface area contributed by atoms with Crippen LogP contribution in [0.2, 0.25) is 0 Å². The number of hydrogen-bond acceptors (Lipinski definition) is 3. The Balaban J connectivity index is 1.30. The molecule has 3 heteroatoms. The van der Waals surface area contributed by atoms with Crippen LogP contribution in [0.15, 0.2) is 143 Å². The lowest BCUT2D eigenvalue weighted by Gasteiger charge is -2.32. The molecule has 0 radical (unpaired) electrons. The van der Waals surface area contributed by atoms with E-state index in [1.54, 1.807) is 0 Å². The molecule has 2 aliphatic carbocycles. The van der Waals surface area contributed by atoms with E-state index in [1.165, 1.54) is 50.1 Å². The lowest BCUT2D eigenvalue weighted by Crippen LogP contribution is -2.29. The minimum Gasteiger partial charge on any atom is -0.258 e. The molecule has 0 fully saturated rings. The summed E-state index contributed by atoms with van der Waals surface area (Å²) in [6, 6.07) is 48.7. The summed E-state index contributed by atoms with van der Waals surface area (Å²) < 4.78 is 0. The minimum atomic E-state index is -0.404. The average molecular weight is 606 g/mol. The molecule has 9 rings (SSSR count). The number of fused-ring (bicyclic) bond motifs is 10. The van der Waals surface area contributed by atoms with Crippen LogP contribution in [0.3, 0.4) is 0 Å². The summed E-state index contributed by atoms with van der Waals surface area (Å²) in [7, 11) is 0. The molecule has 3 nitrogen and oxygen atoms in total. The minimum absolute atomic E-state index is 0.0804. The topological polar surface area (TPSA) is 37.6 Å². The van der Waals surface area contributed by atoms with Gasteiger partial charge in [-0.25, -0.2) is 4.99 Å². The van der Waals surface area contributed by atoms with Gasteiger partial charge in [0.15, 0.2) is 5.84 Å². The van der Waals surface area contributed by atoms with E-state index in [0.717, 1.165) is 40.5 Å². The Morgan fingerprint density at radius 3 is 1.74 bits per heavy atom. The van der Waals surface area contributed by atoms with E-state index in [1.807, 2.05) is 0 Å². The van der Waals surface area contributed by atoms with Gasteiger partial charge < -0.3 is 0 Å². The Bertz CT molecular complexity index is 2210. The zero-order valence-electron chi connectivity index (χ0n) is 26.9. The van der Waals surface area contributed by atoms with Gasteiger partial charge in [0.2, 0.25) is 0 Å². The Hall–Kier alpha value is -5.41. The van der Waals surface area contributed by atoms with Crippen molar-refractivity contribution in [3.05, 3.63) is 184 Å². The first-order chi connectivity index (χ1) is 23.1. The van der Waals surface area contributed by atoms with Crippen molar-refractivity contribution in [2.75, 3.05) is 0 Å². The highest BCUT2D eigenvalue weighted by atomic mass is 15.0. The van der Waals surface area contributed by atoms with Gasteiger partial charge in [0.05, 0.1) is 17.2 Å². The fourth-order valence-electron chi connectivity index (χ4n) is 8.57. The Morgan fingerprint density at radius 1 is 0.574 bits per heavy atom. The zero-order chi connectivity index (χ0) is 31.7. The molecule has 0 bridgehead atoms. The zero-order valence-corrected chi connectivity index (χ0v) is 26.9. The summed E-state index contributed by atoms with van der Waals surface area (Å²) in [5.41, 5.74) is 16.6. The molecular formula is C44H35N3. The number of aromatic nitrogens is 1. The maximum absolute atomic E-state index is 5.51.